The maximum absolute atomic E-state index is 10.0. The molecule has 0 bridgehead atoms. The topological polar surface area (TPSA) is 46.2 Å². The van der Waals surface area contributed by atoms with Gasteiger partial charge in [0, 0.05) is 7.05 Å². The highest BCUT2D eigenvalue weighted by Gasteiger charge is 1.83. The van der Waals surface area contributed by atoms with Crippen LogP contribution in [-0.2, 0) is 16.1 Å². The molecule has 0 aromatic rings. The van der Waals surface area contributed by atoms with Gasteiger partial charge in [-0.25, -0.2) is 4.21 Å². The third-order valence-electron chi connectivity index (χ3n) is 0.402. The van der Waals surface area contributed by atoms with Gasteiger partial charge in [-0.1, -0.05) is 0 Å². The van der Waals surface area contributed by atoms with Gasteiger partial charge >= 0.3 is 0 Å². The van der Waals surface area contributed by atoms with Crippen LogP contribution in [0.15, 0.2) is 0 Å². The highest BCUT2D eigenvalue weighted by molar-refractivity contribution is 7.66. The van der Waals surface area contributed by atoms with E-state index in [1.54, 1.807) is 0 Å². The Kier molecular flexibility index (Phi) is 3.22. The van der Waals surface area contributed by atoms with Crippen molar-refractivity contribution in [1.82, 2.24) is 5.32 Å². The Bertz CT molecular complexity index is 116. The predicted molar refractivity (Wildman–Crippen MR) is 28.3 cm³/mol. The molecule has 0 saturated carbocycles. The standard InChI is InChI=1S/C3H5NO2S/c1-4-3(5)2-7-6/h2H,1H3,(H,4,5). The van der Waals surface area contributed by atoms with Crippen LogP contribution >= 0.6 is 0 Å². The Morgan fingerprint density at radius 1 is 1.86 bits per heavy atom. The highest BCUT2D eigenvalue weighted by Crippen LogP contribution is 1.45. The normalized spacial score (nSPS) is 7.00. The van der Waals surface area contributed by atoms with Crippen LogP contribution in [0.4, 0.5) is 0 Å². The molecule has 0 aromatic carbocycles. The first-order valence-corrected chi connectivity index (χ1v) is 2.45. The largest absolute Gasteiger partial charge is 0.355 e. The Hall–Kier alpha value is -0.640. The van der Waals surface area contributed by atoms with Crippen LogP contribution in [0.2, 0.25) is 0 Å². The second-order valence-corrected chi connectivity index (χ2v) is 1.26. The van der Waals surface area contributed by atoms with Crippen LogP contribution in [-0.4, -0.2) is 22.5 Å². The molecule has 0 rings (SSSR count). The van der Waals surface area contributed by atoms with Gasteiger partial charge in [0.1, 0.15) is 0 Å². The van der Waals surface area contributed by atoms with Crippen molar-refractivity contribution in [1.29, 1.82) is 0 Å². The fraction of sp³-hybridized carbons (Fsp3) is 0.333. The third kappa shape index (κ3) is 3.18. The van der Waals surface area contributed by atoms with Crippen LogP contribution in [0, 0.1) is 0 Å². The number of nitrogens with one attached hydrogen (secondary N) is 1. The molecule has 1 amide bonds. The van der Waals surface area contributed by atoms with Crippen molar-refractivity contribution in [3.63, 3.8) is 0 Å². The zero-order valence-corrected chi connectivity index (χ0v) is 4.62. The van der Waals surface area contributed by atoms with Crippen LogP contribution < -0.4 is 5.32 Å². The zero-order chi connectivity index (χ0) is 5.70. The molecule has 1 N–H and O–H groups in total. The minimum absolute atomic E-state index is 0.147. The van der Waals surface area contributed by atoms with E-state index in [9.17, 15) is 9.00 Å². The van der Waals surface area contributed by atoms with Crippen LogP contribution in [0.5, 0.6) is 0 Å². The van der Waals surface area contributed by atoms with Crippen molar-refractivity contribution in [2.75, 3.05) is 7.05 Å². The Labute approximate surface area is 44.8 Å². The molecule has 0 radical (unpaired) electrons. The van der Waals surface area contributed by atoms with E-state index in [1.807, 2.05) is 0 Å². The van der Waals surface area contributed by atoms with Crippen LogP contribution in [0.1, 0.15) is 0 Å². The Morgan fingerprint density at radius 3 is 2.57 bits per heavy atom. The van der Waals surface area contributed by atoms with Gasteiger partial charge in [-0.05, 0) is 0 Å². The van der Waals surface area contributed by atoms with Gasteiger partial charge in [-0.3, -0.25) is 4.79 Å². The number of hydrogen-bond donors (Lipinski definition) is 1. The molecular weight excluding hydrogens is 114 g/mol. The molecule has 0 spiro atoms. The number of carbonyl (C=O) groups is 1. The van der Waals surface area contributed by atoms with Crippen LogP contribution in [0.25, 0.3) is 0 Å². The van der Waals surface area contributed by atoms with E-state index in [-0.39, 0.29) is 17.2 Å². The van der Waals surface area contributed by atoms with E-state index in [2.05, 4.69) is 5.32 Å². The summed E-state index contributed by atoms with van der Waals surface area (Å²) in [5.74, 6) is -0.347. The monoisotopic (exact) mass is 119 g/mol. The first-order chi connectivity index (χ1) is 3.31. The summed E-state index contributed by atoms with van der Waals surface area (Å²) in [4.78, 5) is 10.0. The second-order valence-electron chi connectivity index (χ2n) is 0.828. The molecule has 0 aliphatic heterocycles. The van der Waals surface area contributed by atoms with Gasteiger partial charge in [0.05, 0.1) is 16.6 Å². The molecular formula is C3H5NO2S. The van der Waals surface area contributed by atoms with E-state index in [1.165, 1.54) is 7.05 Å². The summed E-state index contributed by atoms with van der Waals surface area (Å²) in [6.07, 6.45) is 0. The summed E-state index contributed by atoms with van der Waals surface area (Å²) >= 11 is 0.147. The number of amides is 1. The SMILES string of the molecule is CNC(=O)C=S=O. The average Bonchev–Trinajstić information content (AvgIpc) is 1.68. The summed E-state index contributed by atoms with van der Waals surface area (Å²) in [5, 5.41) is 3.21. The molecule has 0 heterocycles. The van der Waals surface area contributed by atoms with Gasteiger partial charge in [0.2, 0.25) is 0 Å². The zero-order valence-electron chi connectivity index (χ0n) is 3.80. The molecule has 7 heavy (non-hydrogen) atoms. The first-order valence-electron chi connectivity index (χ1n) is 1.65. The van der Waals surface area contributed by atoms with E-state index in [0.29, 0.717) is 0 Å². The Morgan fingerprint density at radius 2 is 2.43 bits per heavy atom. The van der Waals surface area contributed by atoms with Crippen LogP contribution in [0.3, 0.4) is 0 Å². The van der Waals surface area contributed by atoms with Crippen molar-refractivity contribution in [2.45, 2.75) is 0 Å². The minimum Gasteiger partial charge on any atom is -0.355 e. The maximum Gasteiger partial charge on any atom is 0.256 e. The predicted octanol–water partition coefficient (Wildman–Crippen LogP) is -1.25. The summed E-state index contributed by atoms with van der Waals surface area (Å²) in [7, 11) is 1.47. The molecule has 0 saturated heterocycles. The quantitative estimate of drug-likeness (QED) is 0.438. The smallest absolute Gasteiger partial charge is 0.256 e. The first kappa shape index (κ1) is 6.36. The number of carbonyl (C=O) groups excluding carboxylic acids is 1. The van der Waals surface area contributed by atoms with E-state index in [4.69, 9.17) is 0 Å². The number of hydrogen-bond acceptors (Lipinski definition) is 2. The Balaban J connectivity index is 3.58. The molecule has 0 unspecified atom stereocenters. The fourth-order valence-corrected chi connectivity index (χ4v) is 0.308. The third-order valence-corrected chi connectivity index (χ3v) is 0.712. The molecule has 3 nitrogen and oxygen atoms in total. The molecule has 0 aromatic heterocycles. The average molecular weight is 119 g/mol. The minimum atomic E-state index is -0.347. The van der Waals surface area contributed by atoms with E-state index in [0.717, 1.165) is 5.37 Å². The highest BCUT2D eigenvalue weighted by atomic mass is 32.1. The van der Waals surface area contributed by atoms with E-state index >= 15 is 0 Å². The molecule has 0 fully saturated rings. The molecule has 0 aliphatic carbocycles. The molecule has 0 aliphatic rings. The maximum atomic E-state index is 10.0. The summed E-state index contributed by atoms with van der Waals surface area (Å²) in [6.45, 7) is 0. The van der Waals surface area contributed by atoms with Crippen molar-refractivity contribution in [3.05, 3.63) is 0 Å². The summed E-state index contributed by atoms with van der Waals surface area (Å²) in [5.41, 5.74) is 0. The van der Waals surface area contributed by atoms with Gasteiger partial charge < -0.3 is 5.32 Å². The van der Waals surface area contributed by atoms with Gasteiger partial charge in [-0.2, -0.15) is 0 Å². The fourth-order valence-electron chi connectivity index (χ4n) is 0.103. The second kappa shape index (κ2) is 3.55. The molecule has 40 valence electrons. The van der Waals surface area contributed by atoms with Crippen molar-refractivity contribution < 1.29 is 9.00 Å². The molecule has 0 atom stereocenters. The molecule has 4 heteroatoms. The van der Waals surface area contributed by atoms with Crippen molar-refractivity contribution in [3.8, 4) is 0 Å². The lowest BCUT2D eigenvalue weighted by atomic mass is 10.7. The van der Waals surface area contributed by atoms with E-state index < -0.39 is 0 Å². The summed E-state index contributed by atoms with van der Waals surface area (Å²) in [6, 6.07) is 0. The number of rotatable bonds is 1. The van der Waals surface area contributed by atoms with Gasteiger partial charge in [-0.15, -0.1) is 0 Å². The lowest BCUT2D eigenvalue weighted by molar-refractivity contribution is -0.113. The van der Waals surface area contributed by atoms with Gasteiger partial charge in [0.15, 0.2) is 0 Å². The lowest BCUT2D eigenvalue weighted by Gasteiger charge is -1.81. The van der Waals surface area contributed by atoms with Crippen molar-refractivity contribution >= 4 is 22.5 Å². The lowest BCUT2D eigenvalue weighted by Crippen LogP contribution is -2.18. The summed E-state index contributed by atoms with van der Waals surface area (Å²) < 4.78 is 9.50. The van der Waals surface area contributed by atoms with Crippen molar-refractivity contribution in [2.24, 2.45) is 0 Å². The van der Waals surface area contributed by atoms with Gasteiger partial charge in [0.25, 0.3) is 5.91 Å².